The third-order valence-electron chi connectivity index (χ3n) is 5.10. The first-order valence-corrected chi connectivity index (χ1v) is 9.34. The Morgan fingerprint density at radius 3 is 2.75 bits per heavy atom. The molecule has 2 aromatic carbocycles. The van der Waals surface area contributed by atoms with Crippen LogP contribution in [0.15, 0.2) is 48.5 Å². The van der Waals surface area contributed by atoms with Gasteiger partial charge in [0.1, 0.15) is 11.6 Å². The van der Waals surface area contributed by atoms with Crippen molar-refractivity contribution in [3.63, 3.8) is 0 Å². The van der Waals surface area contributed by atoms with Crippen LogP contribution < -0.4 is 10.1 Å². The van der Waals surface area contributed by atoms with Crippen molar-refractivity contribution in [2.24, 2.45) is 5.92 Å². The SMILES string of the molecule is Cc1nn(-c2ccc(F)cc2)c(C)c1C(=O)NCC1COc2ccccc2C1. The number of fused-ring (bicyclic) bond motifs is 1. The Bertz CT molecular complexity index is 1010. The molecule has 1 aromatic heterocycles. The highest BCUT2D eigenvalue weighted by molar-refractivity contribution is 5.96. The highest BCUT2D eigenvalue weighted by Crippen LogP contribution is 2.26. The van der Waals surface area contributed by atoms with Crippen LogP contribution in [0, 0.1) is 25.6 Å². The summed E-state index contributed by atoms with van der Waals surface area (Å²) in [6.45, 7) is 4.78. The molecule has 144 valence electrons. The molecule has 0 spiro atoms. The first kappa shape index (κ1) is 18.2. The molecule has 28 heavy (non-hydrogen) atoms. The second-order valence-corrected chi connectivity index (χ2v) is 7.13. The Hall–Kier alpha value is -3.15. The summed E-state index contributed by atoms with van der Waals surface area (Å²) in [5, 5.41) is 7.49. The van der Waals surface area contributed by atoms with Crippen molar-refractivity contribution in [3.8, 4) is 11.4 Å². The maximum Gasteiger partial charge on any atom is 0.255 e. The van der Waals surface area contributed by atoms with Crippen LogP contribution in [0.5, 0.6) is 5.75 Å². The number of benzene rings is 2. The fraction of sp³-hybridized carbons (Fsp3) is 0.273. The van der Waals surface area contributed by atoms with E-state index >= 15 is 0 Å². The van der Waals surface area contributed by atoms with E-state index in [1.165, 1.54) is 17.7 Å². The second kappa shape index (κ2) is 7.46. The smallest absolute Gasteiger partial charge is 0.255 e. The largest absolute Gasteiger partial charge is 0.493 e. The molecule has 2 heterocycles. The molecule has 6 heteroatoms. The predicted octanol–water partition coefficient (Wildman–Crippen LogP) is 3.61. The van der Waals surface area contributed by atoms with Crippen LogP contribution in [0.3, 0.4) is 0 Å². The molecule has 4 rings (SSSR count). The summed E-state index contributed by atoms with van der Waals surface area (Å²) < 4.78 is 20.6. The molecule has 1 amide bonds. The van der Waals surface area contributed by atoms with E-state index in [-0.39, 0.29) is 17.6 Å². The van der Waals surface area contributed by atoms with Crippen molar-refractivity contribution >= 4 is 5.91 Å². The van der Waals surface area contributed by atoms with Gasteiger partial charge in [0.15, 0.2) is 0 Å². The number of halogens is 1. The Morgan fingerprint density at radius 1 is 1.21 bits per heavy atom. The number of amides is 1. The molecular weight excluding hydrogens is 357 g/mol. The number of aryl methyl sites for hydroxylation is 1. The van der Waals surface area contributed by atoms with E-state index in [2.05, 4.69) is 16.5 Å². The number of para-hydroxylation sites is 1. The predicted molar refractivity (Wildman–Crippen MR) is 104 cm³/mol. The maximum absolute atomic E-state index is 13.2. The number of nitrogens with one attached hydrogen (secondary N) is 1. The average molecular weight is 379 g/mol. The van der Waals surface area contributed by atoms with Gasteiger partial charge in [-0.3, -0.25) is 4.79 Å². The zero-order valence-electron chi connectivity index (χ0n) is 15.9. The van der Waals surface area contributed by atoms with Gasteiger partial charge < -0.3 is 10.1 Å². The molecule has 1 atom stereocenters. The minimum atomic E-state index is -0.306. The lowest BCUT2D eigenvalue weighted by Crippen LogP contribution is -2.35. The summed E-state index contributed by atoms with van der Waals surface area (Å²) in [4.78, 5) is 12.8. The van der Waals surface area contributed by atoms with Gasteiger partial charge in [0, 0.05) is 12.5 Å². The highest BCUT2D eigenvalue weighted by atomic mass is 19.1. The monoisotopic (exact) mass is 379 g/mol. The molecule has 1 aliphatic rings. The first-order chi connectivity index (χ1) is 13.5. The molecule has 0 radical (unpaired) electrons. The van der Waals surface area contributed by atoms with Crippen LogP contribution in [0.1, 0.15) is 27.3 Å². The zero-order valence-corrected chi connectivity index (χ0v) is 15.9. The number of aromatic nitrogens is 2. The third-order valence-corrected chi connectivity index (χ3v) is 5.10. The molecule has 3 aromatic rings. The van der Waals surface area contributed by atoms with E-state index in [4.69, 9.17) is 4.74 Å². The number of carbonyl (C=O) groups is 1. The van der Waals surface area contributed by atoms with E-state index in [1.54, 1.807) is 16.8 Å². The molecule has 0 aliphatic carbocycles. The summed E-state index contributed by atoms with van der Waals surface area (Å²) in [5.41, 5.74) is 3.82. The van der Waals surface area contributed by atoms with Crippen LogP contribution in [0.4, 0.5) is 4.39 Å². The van der Waals surface area contributed by atoms with E-state index in [0.717, 1.165) is 23.6 Å². The van der Waals surface area contributed by atoms with Gasteiger partial charge in [-0.15, -0.1) is 0 Å². The van der Waals surface area contributed by atoms with Gasteiger partial charge in [-0.1, -0.05) is 18.2 Å². The van der Waals surface area contributed by atoms with Crippen LogP contribution in [0.2, 0.25) is 0 Å². The Morgan fingerprint density at radius 2 is 1.96 bits per heavy atom. The summed E-state index contributed by atoms with van der Waals surface area (Å²) >= 11 is 0. The van der Waals surface area contributed by atoms with Crippen LogP contribution in [0.25, 0.3) is 5.69 Å². The lowest BCUT2D eigenvalue weighted by Gasteiger charge is -2.25. The summed E-state index contributed by atoms with van der Waals surface area (Å²) in [5.74, 6) is 0.700. The highest BCUT2D eigenvalue weighted by Gasteiger charge is 2.23. The summed E-state index contributed by atoms with van der Waals surface area (Å²) in [7, 11) is 0. The Balaban J connectivity index is 1.46. The van der Waals surface area contributed by atoms with E-state index in [0.29, 0.717) is 24.4 Å². The van der Waals surface area contributed by atoms with Crippen molar-refractivity contribution in [1.29, 1.82) is 0 Å². The Kier molecular flexibility index (Phi) is 4.86. The fourth-order valence-electron chi connectivity index (χ4n) is 3.65. The third kappa shape index (κ3) is 3.50. The number of hydrogen-bond donors (Lipinski definition) is 1. The number of rotatable bonds is 4. The van der Waals surface area contributed by atoms with Crippen molar-refractivity contribution in [2.45, 2.75) is 20.3 Å². The van der Waals surface area contributed by atoms with Crippen molar-refractivity contribution < 1.29 is 13.9 Å². The fourth-order valence-corrected chi connectivity index (χ4v) is 3.65. The standard InChI is InChI=1S/C22H22FN3O2/c1-14-21(15(2)26(25-14)19-9-7-18(23)8-10-19)22(27)24-12-16-11-17-5-3-4-6-20(17)28-13-16/h3-10,16H,11-13H2,1-2H3,(H,24,27). The van der Waals surface area contributed by atoms with Crippen LogP contribution in [-0.2, 0) is 6.42 Å². The first-order valence-electron chi connectivity index (χ1n) is 9.34. The summed E-state index contributed by atoms with van der Waals surface area (Å²) in [6, 6.07) is 14.1. The molecule has 0 fully saturated rings. The molecule has 0 bridgehead atoms. The molecule has 1 unspecified atom stereocenters. The van der Waals surface area contributed by atoms with Gasteiger partial charge in [0.05, 0.1) is 29.2 Å². The lowest BCUT2D eigenvalue weighted by molar-refractivity contribution is 0.0938. The van der Waals surface area contributed by atoms with Gasteiger partial charge in [-0.05, 0) is 56.2 Å². The van der Waals surface area contributed by atoms with Gasteiger partial charge in [0.25, 0.3) is 5.91 Å². The van der Waals surface area contributed by atoms with Crippen LogP contribution >= 0.6 is 0 Å². The molecule has 0 saturated carbocycles. The number of ether oxygens (including phenoxy) is 1. The molecule has 1 N–H and O–H groups in total. The quantitative estimate of drug-likeness (QED) is 0.753. The van der Waals surface area contributed by atoms with E-state index in [9.17, 15) is 9.18 Å². The van der Waals surface area contributed by atoms with Gasteiger partial charge in [-0.25, -0.2) is 9.07 Å². The maximum atomic E-state index is 13.2. The number of nitrogens with zero attached hydrogens (tertiary/aromatic N) is 2. The number of hydrogen-bond acceptors (Lipinski definition) is 3. The molecule has 0 saturated heterocycles. The lowest BCUT2D eigenvalue weighted by atomic mass is 9.96. The second-order valence-electron chi connectivity index (χ2n) is 7.13. The van der Waals surface area contributed by atoms with E-state index in [1.807, 2.05) is 32.0 Å². The molecular formula is C22H22FN3O2. The minimum absolute atomic E-state index is 0.151. The topological polar surface area (TPSA) is 56.2 Å². The zero-order chi connectivity index (χ0) is 19.7. The van der Waals surface area contributed by atoms with Gasteiger partial charge in [0.2, 0.25) is 0 Å². The van der Waals surface area contributed by atoms with Crippen molar-refractivity contribution in [3.05, 3.63) is 76.9 Å². The Labute approximate surface area is 163 Å². The van der Waals surface area contributed by atoms with Crippen LogP contribution in [-0.4, -0.2) is 28.8 Å². The summed E-state index contributed by atoms with van der Waals surface area (Å²) in [6.07, 6.45) is 0.878. The van der Waals surface area contributed by atoms with Crippen molar-refractivity contribution in [2.75, 3.05) is 13.2 Å². The van der Waals surface area contributed by atoms with Gasteiger partial charge >= 0.3 is 0 Å². The van der Waals surface area contributed by atoms with Gasteiger partial charge in [-0.2, -0.15) is 5.10 Å². The molecule has 5 nitrogen and oxygen atoms in total. The normalized spacial score (nSPS) is 15.6. The van der Waals surface area contributed by atoms with Crippen molar-refractivity contribution in [1.82, 2.24) is 15.1 Å². The van der Waals surface area contributed by atoms with E-state index < -0.39 is 0 Å². The molecule has 1 aliphatic heterocycles. The average Bonchev–Trinajstić information content (AvgIpc) is 3.00. The number of carbonyl (C=O) groups excluding carboxylic acids is 1. The minimum Gasteiger partial charge on any atom is -0.493 e.